The molecule has 0 aromatic carbocycles. The Hall–Kier alpha value is -0.840. The summed E-state index contributed by atoms with van der Waals surface area (Å²) in [7, 11) is 1.94. The molecule has 0 radical (unpaired) electrons. The van der Waals surface area contributed by atoms with Crippen LogP contribution in [0.4, 0.5) is 0 Å². The number of nitrogens with two attached hydrogens (primary N) is 1. The van der Waals surface area contributed by atoms with Crippen molar-refractivity contribution in [3.05, 3.63) is 24.2 Å². The van der Waals surface area contributed by atoms with Crippen molar-refractivity contribution in [1.82, 2.24) is 4.90 Å². The minimum absolute atomic E-state index is 0.0210. The first-order chi connectivity index (χ1) is 7.20. The van der Waals surface area contributed by atoms with Gasteiger partial charge in [0.1, 0.15) is 5.76 Å². The van der Waals surface area contributed by atoms with Gasteiger partial charge in [0.05, 0.1) is 18.9 Å². The first-order valence-electron chi connectivity index (χ1n) is 5.30. The standard InChI is InChI=1S/C11H20N2O2/c1-3-9(12)11(13(2)6-7-14)10-5-4-8-15-10/h4-5,8-9,11,14H,3,6-7,12H2,1-2H3. The molecule has 0 saturated carbocycles. The van der Waals surface area contributed by atoms with Crippen LogP contribution in [0.25, 0.3) is 0 Å². The van der Waals surface area contributed by atoms with Gasteiger partial charge >= 0.3 is 0 Å². The number of likely N-dealkylation sites (N-methyl/N-ethyl adjacent to an activating group) is 1. The number of aliphatic hydroxyl groups is 1. The fraction of sp³-hybridized carbons (Fsp3) is 0.636. The van der Waals surface area contributed by atoms with Crippen LogP contribution >= 0.6 is 0 Å². The fourth-order valence-electron chi connectivity index (χ4n) is 1.73. The van der Waals surface area contributed by atoms with Gasteiger partial charge < -0.3 is 15.3 Å². The van der Waals surface area contributed by atoms with E-state index in [2.05, 4.69) is 0 Å². The molecule has 0 aliphatic heterocycles. The minimum atomic E-state index is 0.0210. The SMILES string of the molecule is CCC(N)C(c1ccco1)N(C)CCO. The van der Waals surface area contributed by atoms with Gasteiger partial charge in [-0.05, 0) is 25.6 Å². The lowest BCUT2D eigenvalue weighted by Gasteiger charge is -2.30. The molecule has 0 fully saturated rings. The molecule has 2 atom stereocenters. The Balaban J connectivity index is 2.78. The topological polar surface area (TPSA) is 62.6 Å². The quantitative estimate of drug-likeness (QED) is 0.738. The van der Waals surface area contributed by atoms with E-state index in [0.717, 1.165) is 12.2 Å². The first kappa shape index (κ1) is 12.2. The molecule has 3 N–H and O–H groups in total. The van der Waals surface area contributed by atoms with Gasteiger partial charge in [-0.2, -0.15) is 0 Å². The van der Waals surface area contributed by atoms with Crippen molar-refractivity contribution < 1.29 is 9.52 Å². The molecule has 4 nitrogen and oxygen atoms in total. The van der Waals surface area contributed by atoms with E-state index in [-0.39, 0.29) is 18.7 Å². The monoisotopic (exact) mass is 212 g/mol. The predicted octanol–water partition coefficient (Wildman–Crippen LogP) is 0.982. The van der Waals surface area contributed by atoms with Crippen LogP contribution in [0.5, 0.6) is 0 Å². The minimum Gasteiger partial charge on any atom is -0.468 e. The molecular formula is C11H20N2O2. The van der Waals surface area contributed by atoms with Crippen LogP contribution in [0, 0.1) is 0 Å². The lowest BCUT2D eigenvalue weighted by atomic mass is 10.0. The molecule has 0 amide bonds. The van der Waals surface area contributed by atoms with Gasteiger partial charge in [0.25, 0.3) is 0 Å². The van der Waals surface area contributed by atoms with E-state index in [0.29, 0.717) is 6.54 Å². The number of aliphatic hydroxyl groups excluding tert-OH is 1. The fourth-order valence-corrected chi connectivity index (χ4v) is 1.73. The summed E-state index contributed by atoms with van der Waals surface area (Å²) in [5, 5.41) is 8.92. The van der Waals surface area contributed by atoms with Gasteiger partial charge in [-0.1, -0.05) is 6.92 Å². The highest BCUT2D eigenvalue weighted by Crippen LogP contribution is 2.23. The van der Waals surface area contributed by atoms with Crippen molar-refractivity contribution in [2.24, 2.45) is 5.73 Å². The smallest absolute Gasteiger partial charge is 0.122 e. The number of hydrogen-bond acceptors (Lipinski definition) is 4. The van der Waals surface area contributed by atoms with E-state index >= 15 is 0 Å². The number of hydrogen-bond donors (Lipinski definition) is 2. The normalized spacial score (nSPS) is 15.5. The number of furan rings is 1. The van der Waals surface area contributed by atoms with Crippen molar-refractivity contribution in [2.75, 3.05) is 20.2 Å². The third kappa shape index (κ3) is 3.06. The van der Waals surface area contributed by atoms with E-state index in [4.69, 9.17) is 15.3 Å². The number of rotatable bonds is 6. The van der Waals surface area contributed by atoms with Crippen LogP contribution in [0.2, 0.25) is 0 Å². The average molecular weight is 212 g/mol. The Morgan fingerprint density at radius 3 is 2.80 bits per heavy atom. The van der Waals surface area contributed by atoms with Gasteiger partial charge in [0.15, 0.2) is 0 Å². The molecule has 86 valence electrons. The molecule has 0 saturated heterocycles. The summed E-state index contributed by atoms with van der Waals surface area (Å²) in [5.41, 5.74) is 6.06. The molecule has 4 heteroatoms. The van der Waals surface area contributed by atoms with Crippen LogP contribution in [0.15, 0.2) is 22.8 Å². The maximum atomic E-state index is 8.92. The summed E-state index contributed by atoms with van der Waals surface area (Å²) in [6.07, 6.45) is 2.53. The van der Waals surface area contributed by atoms with Gasteiger partial charge in [0.2, 0.25) is 0 Å². The molecule has 0 spiro atoms. The summed E-state index contributed by atoms with van der Waals surface area (Å²) in [6.45, 7) is 2.77. The van der Waals surface area contributed by atoms with Crippen molar-refractivity contribution >= 4 is 0 Å². The molecule has 0 aliphatic rings. The van der Waals surface area contributed by atoms with Crippen molar-refractivity contribution in [3.8, 4) is 0 Å². The molecule has 1 aromatic heterocycles. The molecule has 2 unspecified atom stereocenters. The maximum absolute atomic E-state index is 8.92. The van der Waals surface area contributed by atoms with Crippen LogP contribution < -0.4 is 5.73 Å². The highest BCUT2D eigenvalue weighted by atomic mass is 16.3. The van der Waals surface area contributed by atoms with Gasteiger partial charge in [-0.3, -0.25) is 4.90 Å². The third-order valence-corrected chi connectivity index (χ3v) is 2.64. The average Bonchev–Trinajstić information content (AvgIpc) is 2.71. The zero-order valence-electron chi connectivity index (χ0n) is 9.39. The largest absolute Gasteiger partial charge is 0.468 e. The van der Waals surface area contributed by atoms with Gasteiger partial charge in [-0.25, -0.2) is 0 Å². The summed E-state index contributed by atoms with van der Waals surface area (Å²) in [4.78, 5) is 2.02. The molecule has 0 aliphatic carbocycles. The zero-order chi connectivity index (χ0) is 11.3. The van der Waals surface area contributed by atoms with Crippen molar-refractivity contribution in [3.63, 3.8) is 0 Å². The van der Waals surface area contributed by atoms with Crippen molar-refractivity contribution in [2.45, 2.75) is 25.4 Å². The van der Waals surface area contributed by atoms with Crippen LogP contribution in [0.3, 0.4) is 0 Å². The maximum Gasteiger partial charge on any atom is 0.122 e. The second-order valence-corrected chi connectivity index (χ2v) is 3.74. The van der Waals surface area contributed by atoms with E-state index in [9.17, 15) is 0 Å². The van der Waals surface area contributed by atoms with Crippen LogP contribution in [-0.2, 0) is 0 Å². The van der Waals surface area contributed by atoms with E-state index in [1.807, 2.05) is 31.0 Å². The van der Waals surface area contributed by atoms with E-state index < -0.39 is 0 Å². The Morgan fingerprint density at radius 1 is 1.60 bits per heavy atom. The van der Waals surface area contributed by atoms with Crippen LogP contribution in [-0.4, -0.2) is 36.2 Å². The highest BCUT2D eigenvalue weighted by Gasteiger charge is 2.24. The van der Waals surface area contributed by atoms with E-state index in [1.165, 1.54) is 0 Å². The second kappa shape index (κ2) is 5.90. The Morgan fingerprint density at radius 2 is 2.33 bits per heavy atom. The molecule has 0 bridgehead atoms. The summed E-state index contributed by atoms with van der Waals surface area (Å²) in [6, 6.07) is 3.84. The molecule has 15 heavy (non-hydrogen) atoms. The Labute approximate surface area is 90.7 Å². The second-order valence-electron chi connectivity index (χ2n) is 3.74. The number of nitrogens with zero attached hydrogens (tertiary/aromatic N) is 1. The van der Waals surface area contributed by atoms with Gasteiger partial charge in [-0.15, -0.1) is 0 Å². The van der Waals surface area contributed by atoms with E-state index in [1.54, 1.807) is 6.26 Å². The lowest BCUT2D eigenvalue weighted by molar-refractivity contribution is 0.146. The predicted molar refractivity (Wildman–Crippen MR) is 59.4 cm³/mol. The molecular weight excluding hydrogens is 192 g/mol. The summed E-state index contributed by atoms with van der Waals surface area (Å²) >= 11 is 0. The van der Waals surface area contributed by atoms with Crippen molar-refractivity contribution in [1.29, 1.82) is 0 Å². The molecule has 1 heterocycles. The van der Waals surface area contributed by atoms with Gasteiger partial charge in [0, 0.05) is 12.6 Å². The van der Waals surface area contributed by atoms with Crippen LogP contribution in [0.1, 0.15) is 25.1 Å². The lowest BCUT2D eigenvalue weighted by Crippen LogP contribution is -2.39. The highest BCUT2D eigenvalue weighted by molar-refractivity contribution is 5.07. The molecule has 1 aromatic rings. The Kier molecular flexibility index (Phi) is 4.81. The zero-order valence-corrected chi connectivity index (χ0v) is 9.39. The Bertz CT molecular complexity index is 262. The first-order valence-corrected chi connectivity index (χ1v) is 5.30. The summed E-state index contributed by atoms with van der Waals surface area (Å²) in [5.74, 6) is 0.861. The third-order valence-electron chi connectivity index (χ3n) is 2.64. The summed E-state index contributed by atoms with van der Waals surface area (Å²) < 4.78 is 5.38. The molecule has 1 rings (SSSR count).